The number of amides is 1. The van der Waals surface area contributed by atoms with Crippen LogP contribution in [0.25, 0.3) is 10.1 Å². The van der Waals surface area contributed by atoms with Gasteiger partial charge in [0, 0.05) is 22.7 Å². The Balaban J connectivity index is 1.93. The van der Waals surface area contributed by atoms with E-state index in [0.717, 1.165) is 15.6 Å². The Labute approximate surface area is 198 Å². The maximum atomic E-state index is 12.5. The topological polar surface area (TPSA) is 85.9 Å². The van der Waals surface area contributed by atoms with E-state index < -0.39 is 17.7 Å². The van der Waals surface area contributed by atoms with Gasteiger partial charge in [-0.3, -0.25) is 0 Å². The van der Waals surface area contributed by atoms with Crippen LogP contribution in [-0.2, 0) is 15.9 Å². The molecule has 3 aromatic rings. The van der Waals surface area contributed by atoms with Crippen LogP contribution >= 0.6 is 11.3 Å². The molecular formula is C25H30N2O5S. The summed E-state index contributed by atoms with van der Waals surface area (Å²) in [6, 6.07) is 15.4. The van der Waals surface area contributed by atoms with Crippen LogP contribution in [0.15, 0.2) is 48.5 Å². The van der Waals surface area contributed by atoms with Gasteiger partial charge in [0.2, 0.25) is 0 Å². The summed E-state index contributed by atoms with van der Waals surface area (Å²) in [6.07, 6.45) is 0.130. The highest BCUT2D eigenvalue weighted by molar-refractivity contribution is 7.21. The van der Waals surface area contributed by atoms with Crippen LogP contribution in [0.3, 0.4) is 0 Å². The van der Waals surface area contributed by atoms with Crippen molar-refractivity contribution in [2.45, 2.75) is 38.8 Å². The fraction of sp³-hybridized carbons (Fsp3) is 0.360. The Morgan fingerprint density at radius 1 is 1.06 bits per heavy atom. The lowest BCUT2D eigenvalue weighted by molar-refractivity contribution is 0.0524. The molecule has 1 heterocycles. The third kappa shape index (κ3) is 6.61. The average Bonchev–Trinajstić information content (AvgIpc) is 3.14. The van der Waals surface area contributed by atoms with Gasteiger partial charge in [0.25, 0.3) is 0 Å². The van der Waals surface area contributed by atoms with Crippen molar-refractivity contribution in [3.8, 4) is 5.75 Å². The van der Waals surface area contributed by atoms with Crippen molar-refractivity contribution in [3.05, 3.63) is 59.0 Å². The van der Waals surface area contributed by atoms with E-state index in [9.17, 15) is 9.59 Å². The largest absolute Gasteiger partial charge is 0.497 e. The average molecular weight is 471 g/mol. The summed E-state index contributed by atoms with van der Waals surface area (Å²) in [5.41, 5.74) is 1.16. The number of hydrogen-bond donors (Lipinski definition) is 2. The van der Waals surface area contributed by atoms with Gasteiger partial charge < -0.3 is 24.8 Å². The van der Waals surface area contributed by atoms with Crippen LogP contribution < -0.4 is 15.4 Å². The zero-order valence-corrected chi connectivity index (χ0v) is 20.4. The summed E-state index contributed by atoms with van der Waals surface area (Å²) >= 11 is 1.35. The van der Waals surface area contributed by atoms with Crippen molar-refractivity contribution in [3.63, 3.8) is 0 Å². The maximum Gasteiger partial charge on any atom is 0.407 e. The van der Waals surface area contributed by atoms with Gasteiger partial charge in [0.05, 0.1) is 19.9 Å². The van der Waals surface area contributed by atoms with E-state index in [1.54, 1.807) is 7.11 Å². The second kappa shape index (κ2) is 10.6. The minimum atomic E-state index is -0.593. The molecule has 0 spiro atoms. The van der Waals surface area contributed by atoms with Gasteiger partial charge in [0.15, 0.2) is 0 Å². The van der Waals surface area contributed by atoms with E-state index in [1.165, 1.54) is 18.4 Å². The van der Waals surface area contributed by atoms with Crippen LogP contribution in [0.1, 0.15) is 36.0 Å². The zero-order chi connectivity index (χ0) is 24.0. The SMILES string of the molecule is COC(=O)c1sc2ccc(OC)cc2c1NC(CNC(=O)OC(C)(C)C)Cc1ccccc1. The third-order valence-corrected chi connectivity index (χ3v) is 5.98. The van der Waals surface area contributed by atoms with Gasteiger partial charge >= 0.3 is 12.1 Å². The Kier molecular flexibility index (Phi) is 7.81. The Morgan fingerprint density at radius 2 is 1.79 bits per heavy atom. The molecule has 2 aromatic carbocycles. The molecule has 176 valence electrons. The highest BCUT2D eigenvalue weighted by Gasteiger charge is 2.23. The van der Waals surface area contributed by atoms with Crippen LogP contribution in [-0.4, -0.2) is 44.5 Å². The molecule has 3 rings (SSSR count). The van der Waals surface area contributed by atoms with Crippen molar-refractivity contribution in [1.82, 2.24) is 5.32 Å². The molecule has 0 aliphatic carbocycles. The third-order valence-electron chi connectivity index (χ3n) is 4.83. The summed E-state index contributed by atoms with van der Waals surface area (Å²) in [6.45, 7) is 5.76. The number of carbonyl (C=O) groups excluding carboxylic acids is 2. The molecule has 1 unspecified atom stereocenters. The first kappa shape index (κ1) is 24.4. The molecule has 33 heavy (non-hydrogen) atoms. The molecule has 0 aliphatic heterocycles. The number of alkyl carbamates (subject to hydrolysis) is 1. The van der Waals surface area contributed by atoms with E-state index in [4.69, 9.17) is 14.2 Å². The quantitative estimate of drug-likeness (QED) is 0.438. The Bertz CT molecular complexity index is 1110. The predicted octanol–water partition coefficient (Wildman–Crippen LogP) is 5.24. The van der Waals surface area contributed by atoms with Crippen molar-refractivity contribution < 1.29 is 23.8 Å². The minimum absolute atomic E-state index is 0.215. The van der Waals surface area contributed by atoms with Crippen LogP contribution in [0.2, 0.25) is 0 Å². The van der Waals surface area contributed by atoms with Crippen LogP contribution in [0.4, 0.5) is 10.5 Å². The summed E-state index contributed by atoms with van der Waals surface area (Å²) in [4.78, 5) is 25.3. The van der Waals surface area contributed by atoms with Gasteiger partial charge in [-0.05, 0) is 51.0 Å². The van der Waals surface area contributed by atoms with Crippen molar-refractivity contribution in [2.24, 2.45) is 0 Å². The van der Waals surface area contributed by atoms with Crippen molar-refractivity contribution >= 4 is 39.2 Å². The number of methoxy groups -OCH3 is 2. The molecule has 2 N–H and O–H groups in total. The van der Waals surface area contributed by atoms with Crippen molar-refractivity contribution in [1.29, 1.82) is 0 Å². The number of benzene rings is 2. The number of ether oxygens (including phenoxy) is 3. The second-order valence-corrected chi connectivity index (χ2v) is 9.63. The van der Waals surface area contributed by atoms with Gasteiger partial charge in [-0.15, -0.1) is 11.3 Å². The van der Waals surface area contributed by atoms with E-state index >= 15 is 0 Å². The molecule has 1 atom stereocenters. The molecule has 0 aliphatic rings. The lowest BCUT2D eigenvalue weighted by Gasteiger charge is -2.24. The first-order valence-electron chi connectivity index (χ1n) is 10.7. The van der Waals surface area contributed by atoms with E-state index in [1.807, 2.05) is 69.3 Å². The van der Waals surface area contributed by atoms with Gasteiger partial charge in [0.1, 0.15) is 16.2 Å². The molecule has 0 saturated carbocycles. The highest BCUT2D eigenvalue weighted by Crippen LogP contribution is 2.38. The normalized spacial score (nSPS) is 12.2. The monoisotopic (exact) mass is 470 g/mol. The molecule has 0 bridgehead atoms. The molecule has 8 heteroatoms. The summed E-state index contributed by atoms with van der Waals surface area (Å²) in [5.74, 6) is 0.266. The van der Waals surface area contributed by atoms with Gasteiger partial charge in [-0.25, -0.2) is 9.59 Å². The number of carbonyl (C=O) groups is 2. The number of thiophene rings is 1. The zero-order valence-electron chi connectivity index (χ0n) is 19.6. The minimum Gasteiger partial charge on any atom is -0.497 e. The molecule has 7 nitrogen and oxygen atoms in total. The van der Waals surface area contributed by atoms with Gasteiger partial charge in [-0.2, -0.15) is 0 Å². The number of esters is 1. The smallest absolute Gasteiger partial charge is 0.407 e. The second-order valence-electron chi connectivity index (χ2n) is 8.57. The summed E-state index contributed by atoms with van der Waals surface area (Å²) < 4.78 is 16.7. The number of fused-ring (bicyclic) bond motifs is 1. The molecular weight excluding hydrogens is 440 g/mol. The number of anilines is 1. The molecule has 0 fully saturated rings. The lowest BCUT2D eigenvalue weighted by Crippen LogP contribution is -2.40. The number of hydrogen-bond acceptors (Lipinski definition) is 7. The maximum absolute atomic E-state index is 12.5. The fourth-order valence-electron chi connectivity index (χ4n) is 3.38. The Hall–Kier alpha value is -3.26. The molecule has 1 aromatic heterocycles. The van der Waals surface area contributed by atoms with Crippen LogP contribution in [0, 0.1) is 0 Å². The predicted molar refractivity (Wildman–Crippen MR) is 132 cm³/mol. The highest BCUT2D eigenvalue weighted by atomic mass is 32.1. The van der Waals surface area contributed by atoms with E-state index in [2.05, 4.69) is 10.6 Å². The molecule has 0 saturated heterocycles. The van der Waals surface area contributed by atoms with E-state index in [-0.39, 0.29) is 6.04 Å². The van der Waals surface area contributed by atoms with Crippen LogP contribution in [0.5, 0.6) is 5.75 Å². The lowest BCUT2D eigenvalue weighted by atomic mass is 10.0. The molecule has 1 amide bonds. The molecule has 0 radical (unpaired) electrons. The first-order valence-corrected chi connectivity index (χ1v) is 11.5. The van der Waals surface area contributed by atoms with Crippen molar-refractivity contribution in [2.75, 3.05) is 26.1 Å². The van der Waals surface area contributed by atoms with E-state index in [0.29, 0.717) is 29.3 Å². The summed E-state index contributed by atoms with van der Waals surface area (Å²) in [7, 11) is 2.97. The summed E-state index contributed by atoms with van der Waals surface area (Å²) in [5, 5.41) is 7.19. The first-order chi connectivity index (χ1) is 15.7. The number of nitrogens with one attached hydrogen (secondary N) is 2. The number of rotatable bonds is 8. The van der Waals surface area contributed by atoms with Gasteiger partial charge in [-0.1, -0.05) is 30.3 Å². The Morgan fingerprint density at radius 3 is 2.42 bits per heavy atom. The fourth-order valence-corrected chi connectivity index (χ4v) is 4.45. The standard InChI is InChI=1S/C25H30N2O5S/c1-25(2,3)32-24(29)26-15-17(13-16-9-7-6-8-10-16)27-21-19-14-18(30-4)11-12-20(19)33-22(21)23(28)31-5/h6-12,14,17,27H,13,15H2,1-5H3,(H,26,29).